The van der Waals surface area contributed by atoms with Crippen molar-refractivity contribution in [1.29, 1.82) is 0 Å². The Morgan fingerprint density at radius 1 is 1.23 bits per heavy atom. The average molecular weight is 316 g/mol. The third kappa shape index (κ3) is 3.16. The monoisotopic (exact) mass is 315 g/mol. The molecule has 3 rings (SSSR count). The second-order valence-electron chi connectivity index (χ2n) is 5.50. The molecule has 0 aliphatic carbocycles. The van der Waals surface area contributed by atoms with E-state index in [-0.39, 0.29) is 5.78 Å². The molecule has 0 saturated heterocycles. The highest BCUT2D eigenvalue weighted by Crippen LogP contribution is 2.24. The molecule has 0 amide bonds. The molecule has 0 spiro atoms. The van der Waals surface area contributed by atoms with Crippen molar-refractivity contribution >= 4 is 17.4 Å². The van der Waals surface area contributed by atoms with Crippen LogP contribution in [0, 0.1) is 0 Å². The Bertz CT molecular complexity index is 699. The van der Waals surface area contributed by atoms with Crippen LogP contribution in [0.15, 0.2) is 42.5 Å². The topological polar surface area (TPSA) is 29.5 Å². The van der Waals surface area contributed by atoms with E-state index in [0.29, 0.717) is 22.9 Å². The molecule has 0 unspecified atom stereocenters. The summed E-state index contributed by atoms with van der Waals surface area (Å²) in [6.45, 7) is 2.08. The minimum Gasteiger partial charge on any atom is -0.497 e. The molecular formula is C18H18ClNO2. The number of methoxy groups -OCH3 is 1. The molecule has 0 bridgehead atoms. The second kappa shape index (κ2) is 6.51. The minimum absolute atomic E-state index is 0.0308. The van der Waals surface area contributed by atoms with Gasteiger partial charge in [0.1, 0.15) is 5.75 Å². The molecule has 0 saturated carbocycles. The number of Topliss-reactive ketones (excluding diaryl/α,β-unsaturated/α-hetero) is 1. The Hall–Kier alpha value is -1.84. The molecule has 1 aliphatic rings. The highest BCUT2D eigenvalue weighted by molar-refractivity contribution is 6.34. The SMILES string of the molecule is COc1ccc(Cl)c(C(=O)CN2CCc3ccccc3C2)c1. The lowest BCUT2D eigenvalue weighted by Crippen LogP contribution is -2.34. The van der Waals surface area contributed by atoms with Gasteiger partial charge in [-0.1, -0.05) is 35.9 Å². The Morgan fingerprint density at radius 3 is 2.77 bits per heavy atom. The van der Waals surface area contributed by atoms with Gasteiger partial charge in [-0.05, 0) is 35.7 Å². The van der Waals surface area contributed by atoms with Gasteiger partial charge in [-0.3, -0.25) is 9.69 Å². The van der Waals surface area contributed by atoms with Crippen molar-refractivity contribution in [2.75, 3.05) is 20.2 Å². The zero-order chi connectivity index (χ0) is 15.5. The van der Waals surface area contributed by atoms with Crippen LogP contribution in [0.4, 0.5) is 0 Å². The lowest BCUT2D eigenvalue weighted by Gasteiger charge is -2.28. The first kappa shape index (κ1) is 15.1. The zero-order valence-corrected chi connectivity index (χ0v) is 13.3. The predicted molar refractivity (Wildman–Crippen MR) is 87.8 cm³/mol. The van der Waals surface area contributed by atoms with Gasteiger partial charge in [-0.15, -0.1) is 0 Å². The molecule has 0 fully saturated rings. The first-order chi connectivity index (χ1) is 10.7. The van der Waals surface area contributed by atoms with Crippen LogP contribution in [0.2, 0.25) is 5.02 Å². The summed E-state index contributed by atoms with van der Waals surface area (Å²) in [5.41, 5.74) is 3.21. The first-order valence-corrected chi connectivity index (χ1v) is 7.71. The van der Waals surface area contributed by atoms with E-state index in [1.165, 1.54) is 11.1 Å². The van der Waals surface area contributed by atoms with Crippen LogP contribution in [0.25, 0.3) is 0 Å². The quantitative estimate of drug-likeness (QED) is 0.808. The van der Waals surface area contributed by atoms with Crippen molar-refractivity contribution in [1.82, 2.24) is 4.90 Å². The molecule has 2 aromatic rings. The lowest BCUT2D eigenvalue weighted by molar-refractivity contribution is 0.0921. The third-order valence-corrected chi connectivity index (χ3v) is 4.38. The van der Waals surface area contributed by atoms with Crippen LogP contribution in [-0.2, 0) is 13.0 Å². The third-order valence-electron chi connectivity index (χ3n) is 4.05. The standard InChI is InChI=1S/C18H18ClNO2/c1-22-15-6-7-17(19)16(10-15)18(21)12-20-9-8-13-4-2-3-5-14(13)11-20/h2-7,10H,8-9,11-12H2,1H3. The lowest BCUT2D eigenvalue weighted by atomic mass is 9.99. The molecule has 22 heavy (non-hydrogen) atoms. The van der Waals surface area contributed by atoms with Gasteiger partial charge in [-0.2, -0.15) is 0 Å². The van der Waals surface area contributed by atoms with E-state index in [4.69, 9.17) is 16.3 Å². The van der Waals surface area contributed by atoms with Gasteiger partial charge >= 0.3 is 0 Å². The Morgan fingerprint density at radius 2 is 2.00 bits per heavy atom. The molecule has 0 radical (unpaired) electrons. The zero-order valence-electron chi connectivity index (χ0n) is 12.5. The fraction of sp³-hybridized carbons (Fsp3) is 0.278. The van der Waals surface area contributed by atoms with Gasteiger partial charge in [0.2, 0.25) is 0 Å². The Labute approximate surface area is 135 Å². The van der Waals surface area contributed by atoms with Gasteiger partial charge in [0, 0.05) is 18.7 Å². The van der Waals surface area contributed by atoms with Crippen LogP contribution in [0.1, 0.15) is 21.5 Å². The van der Waals surface area contributed by atoms with Crippen LogP contribution in [0.3, 0.4) is 0 Å². The van der Waals surface area contributed by atoms with Gasteiger partial charge in [0.25, 0.3) is 0 Å². The second-order valence-corrected chi connectivity index (χ2v) is 5.91. The number of fused-ring (bicyclic) bond motifs is 1. The summed E-state index contributed by atoms with van der Waals surface area (Å²) in [6, 6.07) is 13.6. The van der Waals surface area contributed by atoms with E-state index in [1.54, 1.807) is 25.3 Å². The number of rotatable bonds is 4. The number of nitrogens with zero attached hydrogens (tertiary/aromatic N) is 1. The molecular weight excluding hydrogens is 298 g/mol. The molecule has 2 aromatic carbocycles. The smallest absolute Gasteiger partial charge is 0.178 e. The summed E-state index contributed by atoms with van der Waals surface area (Å²) >= 11 is 6.15. The summed E-state index contributed by atoms with van der Waals surface area (Å²) in [4.78, 5) is 14.7. The van der Waals surface area contributed by atoms with E-state index < -0.39 is 0 Å². The van der Waals surface area contributed by atoms with Gasteiger partial charge in [0.05, 0.1) is 18.7 Å². The minimum atomic E-state index is 0.0308. The van der Waals surface area contributed by atoms with Crippen molar-refractivity contribution < 1.29 is 9.53 Å². The number of hydrogen-bond acceptors (Lipinski definition) is 3. The molecule has 4 heteroatoms. The number of carbonyl (C=O) groups is 1. The van der Waals surface area contributed by atoms with E-state index in [9.17, 15) is 4.79 Å². The molecule has 1 aliphatic heterocycles. The van der Waals surface area contributed by atoms with Crippen molar-refractivity contribution in [2.45, 2.75) is 13.0 Å². The van der Waals surface area contributed by atoms with E-state index in [0.717, 1.165) is 19.5 Å². The number of hydrogen-bond donors (Lipinski definition) is 0. The number of benzene rings is 2. The highest BCUT2D eigenvalue weighted by atomic mass is 35.5. The van der Waals surface area contributed by atoms with Gasteiger partial charge < -0.3 is 4.74 Å². The Kier molecular flexibility index (Phi) is 4.46. The molecule has 0 atom stereocenters. The van der Waals surface area contributed by atoms with Gasteiger partial charge in [0.15, 0.2) is 5.78 Å². The maximum atomic E-state index is 12.5. The number of carbonyl (C=O) groups excluding carboxylic acids is 1. The normalized spacial score (nSPS) is 14.5. The summed E-state index contributed by atoms with van der Waals surface area (Å²) < 4.78 is 5.17. The summed E-state index contributed by atoms with van der Waals surface area (Å²) in [5, 5.41) is 0.475. The predicted octanol–water partition coefficient (Wildman–Crippen LogP) is 3.59. The maximum Gasteiger partial charge on any atom is 0.178 e. The largest absolute Gasteiger partial charge is 0.497 e. The molecule has 0 aromatic heterocycles. The molecule has 114 valence electrons. The number of ether oxygens (including phenoxy) is 1. The van der Waals surface area contributed by atoms with Crippen LogP contribution in [0.5, 0.6) is 5.75 Å². The molecule has 1 heterocycles. The number of ketones is 1. The fourth-order valence-corrected chi connectivity index (χ4v) is 3.05. The van der Waals surface area contributed by atoms with Crippen molar-refractivity contribution in [3.05, 3.63) is 64.2 Å². The van der Waals surface area contributed by atoms with Crippen LogP contribution >= 0.6 is 11.6 Å². The van der Waals surface area contributed by atoms with E-state index >= 15 is 0 Å². The van der Waals surface area contributed by atoms with E-state index in [1.807, 2.05) is 6.07 Å². The average Bonchev–Trinajstić information content (AvgIpc) is 2.55. The summed E-state index contributed by atoms with van der Waals surface area (Å²) in [5.74, 6) is 0.681. The fourth-order valence-electron chi connectivity index (χ4n) is 2.82. The van der Waals surface area contributed by atoms with Crippen molar-refractivity contribution in [2.24, 2.45) is 0 Å². The maximum absolute atomic E-state index is 12.5. The summed E-state index contributed by atoms with van der Waals surface area (Å²) in [6.07, 6.45) is 0.981. The van der Waals surface area contributed by atoms with Crippen LogP contribution in [-0.4, -0.2) is 30.9 Å². The summed E-state index contributed by atoms with van der Waals surface area (Å²) in [7, 11) is 1.58. The molecule has 0 N–H and O–H groups in total. The van der Waals surface area contributed by atoms with Crippen LogP contribution < -0.4 is 4.74 Å². The first-order valence-electron chi connectivity index (χ1n) is 7.33. The van der Waals surface area contributed by atoms with Crippen molar-refractivity contribution in [3.63, 3.8) is 0 Å². The molecule has 3 nitrogen and oxygen atoms in total. The Balaban J connectivity index is 1.73. The van der Waals surface area contributed by atoms with Gasteiger partial charge in [-0.25, -0.2) is 0 Å². The van der Waals surface area contributed by atoms with Crippen molar-refractivity contribution in [3.8, 4) is 5.75 Å². The van der Waals surface area contributed by atoms with E-state index in [2.05, 4.69) is 23.1 Å². The number of halogens is 1. The highest BCUT2D eigenvalue weighted by Gasteiger charge is 2.20.